The molecular weight excluding hydrogens is 432 g/mol. The molecule has 0 aliphatic heterocycles. The third-order valence-corrected chi connectivity index (χ3v) is 5.25. The van der Waals surface area contributed by atoms with Crippen molar-refractivity contribution in [3.8, 4) is 17.2 Å². The molecule has 27 heavy (non-hydrogen) atoms. The van der Waals surface area contributed by atoms with Crippen LogP contribution in [-0.4, -0.2) is 17.3 Å². The second-order valence-corrected chi connectivity index (χ2v) is 7.46. The lowest BCUT2D eigenvalue weighted by Gasteiger charge is -2.04. The van der Waals surface area contributed by atoms with Crippen LogP contribution in [0.25, 0.3) is 22.4 Å². The van der Waals surface area contributed by atoms with Gasteiger partial charge in [0, 0.05) is 27.2 Å². The Labute approximate surface area is 166 Å². The molecule has 6 nitrogen and oxygen atoms in total. The summed E-state index contributed by atoms with van der Waals surface area (Å²) in [6.07, 6.45) is 0. The molecule has 0 N–H and O–H groups in total. The first kappa shape index (κ1) is 17.8. The second kappa shape index (κ2) is 7.58. The normalized spacial score (nSPS) is 11.0. The Bertz CT molecular complexity index is 1150. The fourth-order valence-corrected chi connectivity index (χ4v) is 3.68. The van der Waals surface area contributed by atoms with E-state index >= 15 is 0 Å². The predicted octanol–water partition coefficient (Wildman–Crippen LogP) is 4.91. The minimum absolute atomic E-state index is 0.388. The SMILES string of the molecule is COc1ccc(-c2nnc(SCc3cc(=O)oc4cc(Br)ccc34)o2)cc1. The van der Waals surface area contributed by atoms with Gasteiger partial charge in [0.2, 0.25) is 5.89 Å². The highest BCUT2D eigenvalue weighted by Gasteiger charge is 2.12. The molecule has 0 fully saturated rings. The summed E-state index contributed by atoms with van der Waals surface area (Å²) in [5.74, 6) is 1.70. The number of thioether (sulfide) groups is 1. The number of fused-ring (bicyclic) bond motifs is 1. The fraction of sp³-hybridized carbons (Fsp3) is 0.105. The maximum atomic E-state index is 11.8. The Hall–Kier alpha value is -2.58. The van der Waals surface area contributed by atoms with Gasteiger partial charge in [0.15, 0.2) is 0 Å². The molecule has 136 valence electrons. The Morgan fingerprint density at radius 3 is 2.67 bits per heavy atom. The Balaban J connectivity index is 1.55. The van der Waals surface area contributed by atoms with Crippen LogP contribution in [0.2, 0.25) is 0 Å². The van der Waals surface area contributed by atoms with Gasteiger partial charge in [-0.3, -0.25) is 0 Å². The molecule has 0 saturated carbocycles. The predicted molar refractivity (Wildman–Crippen MR) is 106 cm³/mol. The molecule has 0 atom stereocenters. The molecule has 2 aromatic carbocycles. The van der Waals surface area contributed by atoms with Crippen molar-refractivity contribution >= 4 is 38.7 Å². The Morgan fingerprint density at radius 1 is 1.07 bits per heavy atom. The summed E-state index contributed by atoms with van der Waals surface area (Å²) in [4.78, 5) is 11.8. The second-order valence-electron chi connectivity index (χ2n) is 5.62. The number of methoxy groups -OCH3 is 1. The molecule has 0 aliphatic rings. The summed E-state index contributed by atoms with van der Waals surface area (Å²) >= 11 is 4.75. The van der Waals surface area contributed by atoms with Crippen LogP contribution in [0.5, 0.6) is 5.75 Å². The first-order valence-corrected chi connectivity index (χ1v) is 9.73. The van der Waals surface area contributed by atoms with Crippen molar-refractivity contribution in [3.05, 3.63) is 69.0 Å². The minimum atomic E-state index is -0.388. The average molecular weight is 445 g/mol. The quantitative estimate of drug-likeness (QED) is 0.319. The molecule has 0 aliphatic carbocycles. The van der Waals surface area contributed by atoms with Crippen LogP contribution in [0.15, 0.2) is 71.9 Å². The maximum Gasteiger partial charge on any atom is 0.336 e. The van der Waals surface area contributed by atoms with E-state index in [0.717, 1.165) is 26.7 Å². The largest absolute Gasteiger partial charge is 0.497 e. The highest BCUT2D eigenvalue weighted by Crippen LogP contribution is 2.29. The monoisotopic (exact) mass is 444 g/mol. The number of hydrogen-bond acceptors (Lipinski definition) is 7. The molecule has 2 heterocycles. The molecule has 4 rings (SSSR count). The van der Waals surface area contributed by atoms with E-state index in [1.807, 2.05) is 36.4 Å². The van der Waals surface area contributed by atoms with Gasteiger partial charge in [-0.15, -0.1) is 10.2 Å². The number of aromatic nitrogens is 2. The van der Waals surface area contributed by atoms with Gasteiger partial charge in [-0.2, -0.15) is 0 Å². The zero-order valence-corrected chi connectivity index (χ0v) is 16.5. The fourth-order valence-electron chi connectivity index (χ4n) is 2.58. The van der Waals surface area contributed by atoms with E-state index in [2.05, 4.69) is 26.1 Å². The molecule has 0 bridgehead atoms. The maximum absolute atomic E-state index is 11.8. The third kappa shape index (κ3) is 3.91. The molecule has 8 heteroatoms. The molecular formula is C19H13BrN2O4S. The lowest BCUT2D eigenvalue weighted by Crippen LogP contribution is -1.99. The summed E-state index contributed by atoms with van der Waals surface area (Å²) in [6.45, 7) is 0. The van der Waals surface area contributed by atoms with Crippen molar-refractivity contribution in [2.75, 3.05) is 7.11 Å². The molecule has 4 aromatic rings. The van der Waals surface area contributed by atoms with Crippen molar-refractivity contribution in [2.45, 2.75) is 11.0 Å². The third-order valence-electron chi connectivity index (χ3n) is 3.89. The highest BCUT2D eigenvalue weighted by atomic mass is 79.9. The van der Waals surface area contributed by atoms with Crippen molar-refractivity contribution in [1.82, 2.24) is 10.2 Å². The van der Waals surface area contributed by atoms with Crippen LogP contribution in [-0.2, 0) is 5.75 Å². The summed E-state index contributed by atoms with van der Waals surface area (Å²) in [6, 6.07) is 14.5. The number of hydrogen-bond donors (Lipinski definition) is 0. The van der Waals surface area contributed by atoms with Gasteiger partial charge in [-0.05, 0) is 48.0 Å². The van der Waals surface area contributed by atoms with Crippen molar-refractivity contribution < 1.29 is 13.6 Å². The van der Waals surface area contributed by atoms with Crippen LogP contribution < -0.4 is 10.4 Å². The molecule has 0 amide bonds. The number of rotatable bonds is 5. The topological polar surface area (TPSA) is 78.4 Å². The summed E-state index contributed by atoms with van der Waals surface area (Å²) in [5.41, 5.74) is 1.81. The van der Waals surface area contributed by atoms with Crippen LogP contribution in [0.3, 0.4) is 0 Å². The van der Waals surface area contributed by atoms with Gasteiger partial charge in [0.05, 0.1) is 7.11 Å². The highest BCUT2D eigenvalue weighted by molar-refractivity contribution is 9.10. The molecule has 0 saturated heterocycles. The first-order valence-electron chi connectivity index (χ1n) is 7.95. The zero-order chi connectivity index (χ0) is 18.8. The number of nitrogens with zero attached hydrogens (tertiary/aromatic N) is 2. The Kier molecular flexibility index (Phi) is 5.00. The summed E-state index contributed by atoms with van der Waals surface area (Å²) in [5, 5.41) is 9.46. The van der Waals surface area contributed by atoms with Crippen LogP contribution in [0, 0.1) is 0 Å². The van der Waals surface area contributed by atoms with Crippen LogP contribution >= 0.6 is 27.7 Å². The summed E-state index contributed by atoms with van der Waals surface area (Å²) in [7, 11) is 1.61. The molecule has 2 aromatic heterocycles. The van der Waals surface area contributed by atoms with Crippen LogP contribution in [0.1, 0.15) is 5.56 Å². The molecule has 0 spiro atoms. The number of ether oxygens (including phenoxy) is 1. The van der Waals surface area contributed by atoms with Crippen molar-refractivity contribution in [1.29, 1.82) is 0 Å². The summed E-state index contributed by atoms with van der Waals surface area (Å²) < 4.78 is 17.0. The van der Waals surface area contributed by atoms with Gasteiger partial charge in [0.25, 0.3) is 5.22 Å². The van der Waals surface area contributed by atoms with Crippen LogP contribution in [0.4, 0.5) is 0 Å². The van der Waals surface area contributed by atoms with Crippen molar-refractivity contribution in [2.24, 2.45) is 0 Å². The Morgan fingerprint density at radius 2 is 1.89 bits per heavy atom. The smallest absolute Gasteiger partial charge is 0.336 e. The lowest BCUT2D eigenvalue weighted by atomic mass is 10.1. The van der Waals surface area contributed by atoms with Crippen molar-refractivity contribution in [3.63, 3.8) is 0 Å². The van der Waals surface area contributed by atoms with Gasteiger partial charge in [-0.25, -0.2) is 4.79 Å². The van der Waals surface area contributed by atoms with E-state index in [9.17, 15) is 4.79 Å². The zero-order valence-electron chi connectivity index (χ0n) is 14.1. The lowest BCUT2D eigenvalue weighted by molar-refractivity contribution is 0.414. The number of benzene rings is 2. The van der Waals surface area contributed by atoms with Gasteiger partial charge < -0.3 is 13.6 Å². The van der Waals surface area contributed by atoms with E-state index in [1.54, 1.807) is 13.2 Å². The standard InChI is InChI=1S/C19H13BrN2O4S/c1-24-14-5-2-11(3-6-14)18-21-22-19(26-18)27-10-12-8-17(23)25-16-9-13(20)4-7-15(12)16/h2-9H,10H2,1H3. The van der Waals surface area contributed by atoms with Gasteiger partial charge >= 0.3 is 5.63 Å². The van der Waals surface area contributed by atoms with Gasteiger partial charge in [0.1, 0.15) is 11.3 Å². The van der Waals surface area contributed by atoms with Gasteiger partial charge in [-0.1, -0.05) is 27.7 Å². The van der Waals surface area contributed by atoms with E-state index in [1.165, 1.54) is 17.8 Å². The first-order chi connectivity index (χ1) is 13.1. The van der Waals surface area contributed by atoms with E-state index in [0.29, 0.717) is 22.4 Å². The average Bonchev–Trinajstić information content (AvgIpc) is 3.14. The molecule has 0 unspecified atom stereocenters. The van der Waals surface area contributed by atoms with E-state index in [-0.39, 0.29) is 5.63 Å². The molecule has 0 radical (unpaired) electrons. The number of halogens is 1. The van der Waals surface area contributed by atoms with E-state index in [4.69, 9.17) is 13.6 Å². The minimum Gasteiger partial charge on any atom is -0.497 e. The van der Waals surface area contributed by atoms with E-state index < -0.39 is 0 Å².